The van der Waals surface area contributed by atoms with Crippen LogP contribution in [0.3, 0.4) is 0 Å². The van der Waals surface area contributed by atoms with Crippen LogP contribution in [0.25, 0.3) is 0 Å². The van der Waals surface area contributed by atoms with Gasteiger partial charge in [-0.25, -0.2) is 9.80 Å². The largest absolute Gasteiger partial charge is 0.478 e. The standard InChI is InChI=1S/C22H32N2O3.C20H28N2O3.C18H30N2O2.C16H26N2O2/c1-6-15(2)11-22(4,5)18-10-20(25)24(21(18)26)13-23-12-17-9-16(3)7-8-19(17)27-14-23;1-4-5-6-15(3)17-10-19(23)22(20(17)24)12-21-11-16-9-14(2)7-8-18(16)25-13-21;1-8-13(4)10-18(6,7)15-9-14(5)20(17(15)22)11-19-16(21)12(2)3;1-6-7-8-12(4)14-9-13(5)18(16(14)20)10-17-15(19)11(2)3/h7-9,15,18H,6,10-14H2,1-5H3;7-9,15,17H,4-6,10-13H2,1-3H3;13,15H,2,5,8-11H2,1,3-4,6-7H3,(H,19,21);12,14H,2,5-10H2,1,3-4H3,(H,17,19). The number of amides is 8. The number of hydrogen-bond acceptors (Lipinski definition) is 12. The van der Waals surface area contributed by atoms with E-state index < -0.39 is 0 Å². The monoisotopic (exact) mass is 1300 g/mol. The lowest BCUT2D eigenvalue weighted by Crippen LogP contribution is -2.45. The first-order valence-electron chi connectivity index (χ1n) is 34.6. The zero-order valence-corrected chi connectivity index (χ0v) is 60.2. The van der Waals surface area contributed by atoms with Gasteiger partial charge in [-0.05, 0) is 113 Å². The number of fused-ring (bicyclic) bond motifs is 2. The smallest absolute Gasteiger partial charge is 0.247 e. The summed E-state index contributed by atoms with van der Waals surface area (Å²) < 4.78 is 11.6. The Balaban J connectivity index is 0.000000229. The highest BCUT2D eigenvalue weighted by atomic mass is 16.5. The molecule has 0 aliphatic carbocycles. The molecule has 0 aromatic heterocycles. The van der Waals surface area contributed by atoms with E-state index in [4.69, 9.17) is 9.47 Å². The topological polar surface area (TPSA) is 199 Å². The van der Waals surface area contributed by atoms with E-state index >= 15 is 0 Å². The minimum atomic E-state index is -0.233. The van der Waals surface area contributed by atoms with Gasteiger partial charge in [0.15, 0.2) is 0 Å². The maximum Gasteiger partial charge on any atom is 0.247 e. The van der Waals surface area contributed by atoms with Gasteiger partial charge in [0.1, 0.15) is 25.0 Å². The highest BCUT2D eigenvalue weighted by Crippen LogP contribution is 2.45. The Bertz CT molecular complexity index is 3080. The predicted molar refractivity (Wildman–Crippen MR) is 371 cm³/mol. The van der Waals surface area contributed by atoms with E-state index in [1.165, 1.54) is 20.9 Å². The Labute approximate surface area is 563 Å². The summed E-state index contributed by atoms with van der Waals surface area (Å²) >= 11 is 0. The molecule has 8 rings (SSSR count). The lowest BCUT2D eigenvalue weighted by atomic mass is 9.71. The van der Waals surface area contributed by atoms with Gasteiger partial charge in [0.2, 0.25) is 47.3 Å². The molecule has 8 amide bonds. The van der Waals surface area contributed by atoms with Crippen LogP contribution in [0.1, 0.15) is 209 Å². The van der Waals surface area contributed by atoms with Gasteiger partial charge in [0.25, 0.3) is 0 Å². The van der Waals surface area contributed by atoms with Crippen LogP contribution < -0.4 is 20.1 Å². The quantitative estimate of drug-likeness (QED) is 0.0668. The average Bonchev–Trinajstić information content (AvgIpc) is 1.62. The van der Waals surface area contributed by atoms with Crippen molar-refractivity contribution >= 4 is 47.3 Å². The lowest BCUT2D eigenvalue weighted by molar-refractivity contribution is -0.145. The van der Waals surface area contributed by atoms with Gasteiger partial charge < -0.3 is 20.1 Å². The summed E-state index contributed by atoms with van der Waals surface area (Å²) in [5, 5.41) is 5.41. The Morgan fingerprint density at radius 3 is 1.35 bits per heavy atom. The van der Waals surface area contributed by atoms with Gasteiger partial charge in [-0.15, -0.1) is 0 Å². The molecule has 6 aliphatic rings. The number of unbranched alkanes of at least 4 members (excludes halogenated alkanes) is 2. The second-order valence-corrected chi connectivity index (χ2v) is 29.4. The molecule has 4 fully saturated rings. The molecule has 2 aromatic rings. The number of rotatable bonds is 26. The maximum atomic E-state index is 13.0. The van der Waals surface area contributed by atoms with Crippen LogP contribution in [0.4, 0.5) is 0 Å². The average molecular weight is 1300 g/mol. The number of imide groups is 2. The van der Waals surface area contributed by atoms with E-state index in [2.05, 4.69) is 146 Å². The molecule has 18 nitrogen and oxygen atoms in total. The zero-order chi connectivity index (χ0) is 70.1. The number of allylic oxidation sites excluding steroid dienone is 2. The number of carbonyl (C=O) groups excluding carboxylic acids is 8. The van der Waals surface area contributed by atoms with Crippen molar-refractivity contribution in [2.45, 2.75) is 214 Å². The fraction of sp³-hybridized carbons (Fsp3) is 0.632. The van der Waals surface area contributed by atoms with Gasteiger partial charge in [-0.1, -0.05) is 183 Å². The Kier molecular flexibility index (Phi) is 29.1. The molecule has 520 valence electrons. The molecule has 6 aliphatic heterocycles. The predicted octanol–water partition coefficient (Wildman–Crippen LogP) is 13.5. The normalized spacial score (nSPS) is 21.2. The molecule has 0 radical (unpaired) electrons. The van der Waals surface area contributed by atoms with Crippen LogP contribution in [0, 0.1) is 72.0 Å². The van der Waals surface area contributed by atoms with Gasteiger partial charge in [-0.3, -0.25) is 58.0 Å². The minimum absolute atomic E-state index is 0.00998. The summed E-state index contributed by atoms with van der Waals surface area (Å²) in [7, 11) is 0. The van der Waals surface area contributed by atoms with Crippen molar-refractivity contribution in [1.29, 1.82) is 0 Å². The van der Waals surface area contributed by atoms with E-state index in [1.807, 2.05) is 34.1 Å². The van der Waals surface area contributed by atoms with Gasteiger partial charge in [-0.2, -0.15) is 0 Å². The SMILES string of the molecule is C=C(C)C(=O)NCN1C(=C)CC(C(C)(C)CC(C)CC)C1=O.C=C(C)C(=O)NCN1C(=C)CC(C(C)CCCC)C1=O.CCC(C)CC(C)(C)C1CC(=O)N(CN2COc3ccc(C)cc3C2)C1=O.CCCCC(C)C1CC(=O)N(CN2COc3ccc(C)cc3C2)C1=O. The molecule has 4 saturated heterocycles. The molecule has 6 heterocycles. The summed E-state index contributed by atoms with van der Waals surface area (Å²) in [5.74, 6) is 2.68. The fourth-order valence-electron chi connectivity index (χ4n) is 13.6. The number of likely N-dealkylation sites (tertiary alicyclic amines) is 4. The van der Waals surface area contributed by atoms with Crippen LogP contribution in [0.2, 0.25) is 0 Å². The number of ether oxygens (including phenoxy) is 2. The van der Waals surface area contributed by atoms with Crippen LogP contribution in [-0.4, -0.2) is 117 Å². The van der Waals surface area contributed by atoms with Crippen molar-refractivity contribution in [3.63, 3.8) is 0 Å². The van der Waals surface area contributed by atoms with E-state index in [9.17, 15) is 38.4 Å². The van der Waals surface area contributed by atoms with E-state index in [0.717, 1.165) is 98.2 Å². The molecule has 2 aromatic carbocycles. The third-order valence-electron chi connectivity index (χ3n) is 20.0. The van der Waals surface area contributed by atoms with Crippen LogP contribution in [-0.2, 0) is 51.4 Å². The van der Waals surface area contributed by atoms with Crippen LogP contribution in [0.15, 0.2) is 85.3 Å². The number of aryl methyl sites for hydroxylation is 2. The number of benzene rings is 2. The Morgan fingerprint density at radius 2 is 0.926 bits per heavy atom. The van der Waals surface area contributed by atoms with Crippen LogP contribution in [0.5, 0.6) is 11.5 Å². The lowest BCUT2D eigenvalue weighted by Gasteiger charge is -2.34. The van der Waals surface area contributed by atoms with Crippen molar-refractivity contribution in [1.82, 2.24) is 40.0 Å². The molecule has 94 heavy (non-hydrogen) atoms. The van der Waals surface area contributed by atoms with E-state index in [-0.39, 0.29) is 101 Å². The Morgan fingerprint density at radius 1 is 0.553 bits per heavy atom. The van der Waals surface area contributed by atoms with Crippen molar-refractivity contribution in [3.05, 3.63) is 108 Å². The number of nitrogens with one attached hydrogen (secondary N) is 2. The van der Waals surface area contributed by atoms with Gasteiger partial charge in [0.05, 0.1) is 32.6 Å². The first-order chi connectivity index (χ1) is 44.2. The molecule has 0 saturated carbocycles. The molecular formula is C76H116N8O10. The van der Waals surface area contributed by atoms with Crippen molar-refractivity contribution in [2.24, 2.45) is 58.2 Å². The van der Waals surface area contributed by atoms with Crippen molar-refractivity contribution < 1.29 is 47.8 Å². The first-order valence-corrected chi connectivity index (χ1v) is 34.6. The molecule has 0 bridgehead atoms. The number of carbonyl (C=O) groups is 8. The summed E-state index contributed by atoms with van der Waals surface area (Å²) in [6, 6.07) is 12.2. The second kappa shape index (κ2) is 35.2. The summed E-state index contributed by atoms with van der Waals surface area (Å²) in [6.45, 7) is 51.6. The van der Waals surface area contributed by atoms with Gasteiger partial charge >= 0.3 is 0 Å². The van der Waals surface area contributed by atoms with Crippen molar-refractivity contribution in [2.75, 3.05) is 40.1 Å². The molecular weight excluding hydrogens is 1180 g/mol. The third kappa shape index (κ3) is 21.0. The molecule has 8 unspecified atom stereocenters. The summed E-state index contributed by atoms with van der Waals surface area (Å²) in [6.07, 6.45) is 12.8. The third-order valence-corrected chi connectivity index (χ3v) is 20.0. The fourth-order valence-corrected chi connectivity index (χ4v) is 13.6. The summed E-state index contributed by atoms with van der Waals surface area (Å²) in [5.41, 5.74) is 6.80. The van der Waals surface area contributed by atoms with Crippen molar-refractivity contribution in [3.8, 4) is 11.5 Å². The van der Waals surface area contributed by atoms with Crippen LogP contribution >= 0.6 is 0 Å². The zero-order valence-electron chi connectivity index (χ0n) is 60.2. The van der Waals surface area contributed by atoms with Gasteiger partial charge in [0, 0.05) is 77.4 Å². The van der Waals surface area contributed by atoms with E-state index in [0.29, 0.717) is 94.5 Å². The van der Waals surface area contributed by atoms with E-state index in [1.54, 1.807) is 23.6 Å². The number of nitrogens with zero attached hydrogens (tertiary/aromatic N) is 6. The highest BCUT2D eigenvalue weighted by molar-refractivity contribution is 6.04. The number of hydrogen-bond donors (Lipinski definition) is 2. The molecule has 2 N–H and O–H groups in total. The molecule has 18 heteroatoms. The Hall–Kier alpha value is -6.92. The second-order valence-electron chi connectivity index (χ2n) is 29.4. The maximum absolute atomic E-state index is 13.0. The summed E-state index contributed by atoms with van der Waals surface area (Å²) in [4.78, 5) is 109. The first kappa shape index (κ1) is 77.8. The molecule has 0 spiro atoms. The minimum Gasteiger partial charge on any atom is -0.478 e. The highest BCUT2D eigenvalue weighted by Gasteiger charge is 2.48. The molecule has 8 atom stereocenters.